The van der Waals surface area contributed by atoms with E-state index in [1.54, 1.807) is 7.11 Å². The van der Waals surface area contributed by atoms with Crippen LogP contribution in [0.15, 0.2) is 36.4 Å². The van der Waals surface area contributed by atoms with E-state index in [1.165, 1.54) is 5.56 Å². The molecule has 0 radical (unpaired) electrons. The Balaban J connectivity index is 2.33. The Hall–Kier alpha value is -2.07. The summed E-state index contributed by atoms with van der Waals surface area (Å²) < 4.78 is 5.40. The van der Waals surface area contributed by atoms with Gasteiger partial charge >= 0.3 is 0 Å². The van der Waals surface area contributed by atoms with Crippen LogP contribution in [-0.2, 0) is 6.54 Å². The first kappa shape index (κ1) is 14.3. The number of anilines is 2. The van der Waals surface area contributed by atoms with Crippen molar-refractivity contribution in [2.75, 3.05) is 26.1 Å². The van der Waals surface area contributed by atoms with Crippen LogP contribution < -0.4 is 15.0 Å². The van der Waals surface area contributed by atoms with Gasteiger partial charge in [0.1, 0.15) is 11.6 Å². The summed E-state index contributed by atoms with van der Waals surface area (Å²) in [6.45, 7) is 2.86. The number of aromatic nitrogens is 1. The van der Waals surface area contributed by atoms with Crippen molar-refractivity contribution in [1.29, 1.82) is 0 Å². The summed E-state index contributed by atoms with van der Waals surface area (Å²) in [6, 6.07) is 12.1. The third-order valence-corrected chi connectivity index (χ3v) is 3.34. The van der Waals surface area contributed by atoms with Crippen LogP contribution in [0.3, 0.4) is 0 Å². The lowest BCUT2D eigenvalue weighted by Gasteiger charge is -2.21. The zero-order valence-corrected chi connectivity index (χ0v) is 12.5. The van der Waals surface area contributed by atoms with Gasteiger partial charge in [-0.25, -0.2) is 4.98 Å². The average molecular weight is 271 g/mol. The highest BCUT2D eigenvalue weighted by Crippen LogP contribution is 2.31. The highest BCUT2D eigenvalue weighted by molar-refractivity contribution is 5.66. The summed E-state index contributed by atoms with van der Waals surface area (Å²) in [7, 11) is 5.62. The molecule has 106 valence electrons. The second kappa shape index (κ2) is 6.39. The van der Waals surface area contributed by atoms with Crippen molar-refractivity contribution in [3.05, 3.63) is 47.7 Å². The Kier molecular flexibility index (Phi) is 4.58. The van der Waals surface area contributed by atoms with E-state index in [1.807, 2.05) is 56.3 Å². The average Bonchev–Trinajstić information content (AvgIpc) is 2.48. The Morgan fingerprint density at radius 3 is 2.60 bits per heavy atom. The second-order valence-electron chi connectivity index (χ2n) is 4.68. The molecule has 1 aromatic heterocycles. The monoisotopic (exact) mass is 271 g/mol. The molecule has 0 saturated heterocycles. The molecule has 0 aliphatic carbocycles. The van der Waals surface area contributed by atoms with Crippen LogP contribution in [0.2, 0.25) is 0 Å². The van der Waals surface area contributed by atoms with Crippen LogP contribution >= 0.6 is 0 Å². The van der Waals surface area contributed by atoms with Crippen molar-refractivity contribution >= 4 is 11.5 Å². The number of nitrogens with one attached hydrogen (secondary N) is 1. The molecule has 0 unspecified atom stereocenters. The number of hydrogen-bond donors (Lipinski definition) is 1. The number of hydrogen-bond acceptors (Lipinski definition) is 4. The normalized spacial score (nSPS) is 10.4. The van der Waals surface area contributed by atoms with Gasteiger partial charge in [0.15, 0.2) is 0 Å². The van der Waals surface area contributed by atoms with Gasteiger partial charge in [-0.3, -0.25) is 0 Å². The van der Waals surface area contributed by atoms with E-state index in [4.69, 9.17) is 4.74 Å². The van der Waals surface area contributed by atoms with Crippen molar-refractivity contribution in [3.8, 4) is 5.75 Å². The predicted octanol–water partition coefficient (Wildman–Crippen LogP) is 2.89. The first-order chi connectivity index (χ1) is 9.67. The Bertz CT molecular complexity index is 584. The SMILES string of the molecule is CNCc1ccc(N(C)c2ccccc2OC)nc1C. The van der Waals surface area contributed by atoms with Crippen LogP contribution in [0.1, 0.15) is 11.3 Å². The summed E-state index contributed by atoms with van der Waals surface area (Å²) in [6.07, 6.45) is 0. The first-order valence-electron chi connectivity index (χ1n) is 6.65. The smallest absolute Gasteiger partial charge is 0.142 e. The van der Waals surface area contributed by atoms with Gasteiger partial charge in [0, 0.05) is 19.3 Å². The van der Waals surface area contributed by atoms with Crippen molar-refractivity contribution in [3.63, 3.8) is 0 Å². The predicted molar refractivity (Wildman–Crippen MR) is 82.8 cm³/mol. The minimum Gasteiger partial charge on any atom is -0.495 e. The van der Waals surface area contributed by atoms with E-state index < -0.39 is 0 Å². The molecule has 2 aromatic rings. The minimum absolute atomic E-state index is 0.831. The molecule has 0 aliphatic heterocycles. The number of pyridine rings is 1. The maximum absolute atomic E-state index is 5.40. The van der Waals surface area contributed by atoms with E-state index in [0.717, 1.165) is 29.5 Å². The van der Waals surface area contributed by atoms with Crippen molar-refractivity contribution < 1.29 is 4.74 Å². The molecule has 1 heterocycles. The highest BCUT2D eigenvalue weighted by Gasteiger charge is 2.11. The molecule has 20 heavy (non-hydrogen) atoms. The van der Waals surface area contributed by atoms with Crippen molar-refractivity contribution in [2.24, 2.45) is 0 Å². The first-order valence-corrected chi connectivity index (χ1v) is 6.65. The molecule has 1 N–H and O–H groups in total. The fraction of sp³-hybridized carbons (Fsp3) is 0.312. The van der Waals surface area contributed by atoms with Crippen LogP contribution in [0.25, 0.3) is 0 Å². The van der Waals surface area contributed by atoms with E-state index in [9.17, 15) is 0 Å². The fourth-order valence-corrected chi connectivity index (χ4v) is 2.17. The second-order valence-corrected chi connectivity index (χ2v) is 4.68. The molecule has 1 aromatic carbocycles. The summed E-state index contributed by atoms with van der Waals surface area (Å²) in [4.78, 5) is 6.71. The lowest BCUT2D eigenvalue weighted by molar-refractivity contribution is 0.415. The standard InChI is InChI=1S/C16H21N3O/c1-12-13(11-17-2)9-10-16(18-12)19(3)14-7-5-6-8-15(14)20-4/h5-10,17H,11H2,1-4H3. The van der Waals surface area contributed by atoms with Gasteiger partial charge in [-0.15, -0.1) is 0 Å². The van der Waals surface area contributed by atoms with Gasteiger partial charge in [-0.1, -0.05) is 18.2 Å². The fourth-order valence-electron chi connectivity index (χ4n) is 2.17. The number of aryl methyl sites for hydroxylation is 1. The molecule has 2 rings (SSSR count). The molecule has 4 heteroatoms. The number of nitrogens with zero attached hydrogens (tertiary/aromatic N) is 2. The molecular weight excluding hydrogens is 250 g/mol. The van der Waals surface area contributed by atoms with Gasteiger partial charge in [0.25, 0.3) is 0 Å². The van der Waals surface area contributed by atoms with E-state index >= 15 is 0 Å². The van der Waals surface area contributed by atoms with Crippen molar-refractivity contribution in [1.82, 2.24) is 10.3 Å². The van der Waals surface area contributed by atoms with Gasteiger partial charge in [0.05, 0.1) is 12.8 Å². The number of rotatable bonds is 5. The third kappa shape index (κ3) is 2.91. The van der Waals surface area contributed by atoms with Crippen LogP contribution in [0.5, 0.6) is 5.75 Å². The summed E-state index contributed by atoms with van der Waals surface area (Å²) in [5, 5.41) is 3.15. The van der Waals surface area contributed by atoms with E-state index in [0.29, 0.717) is 0 Å². The van der Waals surface area contributed by atoms with Crippen LogP contribution in [0.4, 0.5) is 11.5 Å². The van der Waals surface area contributed by atoms with Gasteiger partial charge in [0.2, 0.25) is 0 Å². The van der Waals surface area contributed by atoms with Crippen molar-refractivity contribution in [2.45, 2.75) is 13.5 Å². The summed E-state index contributed by atoms with van der Waals surface area (Å²) in [5.74, 6) is 1.75. The highest BCUT2D eigenvalue weighted by atomic mass is 16.5. The summed E-state index contributed by atoms with van der Waals surface area (Å²) in [5.41, 5.74) is 3.26. The molecule has 0 bridgehead atoms. The maximum atomic E-state index is 5.40. The topological polar surface area (TPSA) is 37.4 Å². The Labute approximate surface area is 120 Å². The molecule has 0 fully saturated rings. The Morgan fingerprint density at radius 1 is 1.20 bits per heavy atom. The van der Waals surface area contributed by atoms with E-state index in [-0.39, 0.29) is 0 Å². The lowest BCUT2D eigenvalue weighted by atomic mass is 10.2. The largest absolute Gasteiger partial charge is 0.495 e. The minimum atomic E-state index is 0.831. The molecule has 0 spiro atoms. The zero-order chi connectivity index (χ0) is 14.5. The maximum Gasteiger partial charge on any atom is 0.142 e. The van der Waals surface area contributed by atoms with Gasteiger partial charge in [-0.05, 0) is 37.7 Å². The lowest BCUT2D eigenvalue weighted by Crippen LogP contribution is -2.14. The van der Waals surface area contributed by atoms with Gasteiger partial charge < -0.3 is 15.0 Å². The molecular formula is C16H21N3O. The third-order valence-electron chi connectivity index (χ3n) is 3.34. The van der Waals surface area contributed by atoms with E-state index in [2.05, 4.69) is 16.4 Å². The number of ether oxygens (including phenoxy) is 1. The quantitative estimate of drug-likeness (QED) is 0.907. The molecule has 0 saturated carbocycles. The number of benzene rings is 1. The van der Waals surface area contributed by atoms with Crippen LogP contribution in [0, 0.1) is 6.92 Å². The number of methoxy groups -OCH3 is 1. The molecule has 4 nitrogen and oxygen atoms in total. The molecule has 0 aliphatic rings. The summed E-state index contributed by atoms with van der Waals surface area (Å²) >= 11 is 0. The zero-order valence-electron chi connectivity index (χ0n) is 12.5. The van der Waals surface area contributed by atoms with Gasteiger partial charge in [-0.2, -0.15) is 0 Å². The molecule has 0 atom stereocenters. The van der Waals surface area contributed by atoms with Crippen LogP contribution in [-0.4, -0.2) is 26.2 Å². The Morgan fingerprint density at radius 2 is 1.95 bits per heavy atom. The number of para-hydroxylation sites is 2. The molecule has 0 amide bonds.